The van der Waals surface area contributed by atoms with Gasteiger partial charge in [-0.1, -0.05) is 6.07 Å². The molecule has 0 radical (unpaired) electrons. The lowest BCUT2D eigenvalue weighted by Gasteiger charge is -2.18. The third-order valence-corrected chi connectivity index (χ3v) is 4.15. The van der Waals surface area contributed by atoms with E-state index in [0.717, 1.165) is 12.1 Å². The first-order valence-electron chi connectivity index (χ1n) is 8.25. The number of nitrogens with zero attached hydrogens (tertiary/aromatic N) is 2. The summed E-state index contributed by atoms with van der Waals surface area (Å²) in [6.45, 7) is 0.243. The summed E-state index contributed by atoms with van der Waals surface area (Å²) in [4.78, 5) is 26.2. The van der Waals surface area contributed by atoms with Crippen molar-refractivity contribution in [3.63, 3.8) is 0 Å². The third-order valence-electron chi connectivity index (χ3n) is 4.15. The van der Waals surface area contributed by atoms with Crippen molar-refractivity contribution in [3.05, 3.63) is 59.7 Å². The van der Waals surface area contributed by atoms with Crippen molar-refractivity contribution in [2.24, 2.45) is 0 Å². The zero-order chi connectivity index (χ0) is 20.3. The van der Waals surface area contributed by atoms with Crippen molar-refractivity contribution < 1.29 is 27.5 Å². The van der Waals surface area contributed by atoms with Crippen molar-refractivity contribution in [3.8, 4) is 11.8 Å². The minimum Gasteiger partial charge on any atom is -0.406 e. The van der Waals surface area contributed by atoms with Crippen molar-refractivity contribution >= 4 is 17.5 Å². The first-order chi connectivity index (χ1) is 13.3. The number of halogens is 3. The molecule has 1 N–H and O–H groups in total. The number of nitriles is 1. The average Bonchev–Trinajstić information content (AvgIpc) is 3.01. The number of amides is 2. The standard InChI is InChI=1S/C19H14F3N3O3/c20-19(21,22)28-15-3-1-2-14(10-15)25-9-8-16(18(25)27)24-17(26)13-6-4-12(11-23)5-7-13/h1-7,10,16H,8-9H2,(H,24,26). The molecule has 1 aliphatic heterocycles. The first-order valence-corrected chi connectivity index (χ1v) is 8.25. The maximum atomic E-state index is 12.6. The number of carbonyl (C=O) groups is 2. The van der Waals surface area contributed by atoms with Crippen LogP contribution in [-0.4, -0.2) is 30.8 Å². The summed E-state index contributed by atoms with van der Waals surface area (Å²) < 4.78 is 41.0. The molecule has 2 amide bonds. The lowest BCUT2D eigenvalue weighted by Crippen LogP contribution is -2.41. The van der Waals surface area contributed by atoms with Gasteiger partial charge < -0.3 is 15.0 Å². The molecule has 2 aromatic rings. The van der Waals surface area contributed by atoms with Gasteiger partial charge in [-0.15, -0.1) is 13.2 Å². The lowest BCUT2D eigenvalue weighted by atomic mass is 10.1. The zero-order valence-electron chi connectivity index (χ0n) is 14.4. The van der Waals surface area contributed by atoms with Crippen LogP contribution in [0.5, 0.6) is 5.75 Å². The molecule has 2 aromatic carbocycles. The molecular formula is C19H14F3N3O3. The highest BCUT2D eigenvalue weighted by Gasteiger charge is 2.35. The Morgan fingerprint density at radius 2 is 1.93 bits per heavy atom. The average molecular weight is 389 g/mol. The Morgan fingerprint density at radius 3 is 2.57 bits per heavy atom. The van der Waals surface area contributed by atoms with Gasteiger partial charge in [0, 0.05) is 23.9 Å². The van der Waals surface area contributed by atoms with Crippen molar-refractivity contribution in [1.82, 2.24) is 5.32 Å². The van der Waals surface area contributed by atoms with Crippen LogP contribution in [0.25, 0.3) is 0 Å². The molecule has 0 saturated carbocycles. The highest BCUT2D eigenvalue weighted by atomic mass is 19.4. The Labute approximate surface area is 158 Å². The smallest absolute Gasteiger partial charge is 0.406 e. The van der Waals surface area contributed by atoms with E-state index >= 15 is 0 Å². The molecule has 144 valence electrons. The SMILES string of the molecule is N#Cc1ccc(C(=O)NC2CCN(c3cccc(OC(F)(F)F)c3)C2=O)cc1. The molecule has 6 nitrogen and oxygen atoms in total. The van der Waals surface area contributed by atoms with Gasteiger partial charge in [-0.2, -0.15) is 5.26 Å². The van der Waals surface area contributed by atoms with Gasteiger partial charge >= 0.3 is 6.36 Å². The van der Waals surface area contributed by atoms with Crippen molar-refractivity contribution in [2.75, 3.05) is 11.4 Å². The highest BCUT2D eigenvalue weighted by Crippen LogP contribution is 2.29. The van der Waals surface area contributed by atoms with Crippen LogP contribution in [0.4, 0.5) is 18.9 Å². The van der Waals surface area contributed by atoms with Gasteiger partial charge in [0.1, 0.15) is 11.8 Å². The number of nitrogens with one attached hydrogen (secondary N) is 1. The van der Waals surface area contributed by atoms with E-state index < -0.39 is 30.0 Å². The van der Waals surface area contributed by atoms with Gasteiger partial charge in [-0.3, -0.25) is 9.59 Å². The van der Waals surface area contributed by atoms with E-state index in [1.807, 2.05) is 6.07 Å². The molecule has 0 bridgehead atoms. The summed E-state index contributed by atoms with van der Waals surface area (Å²) in [5, 5.41) is 11.4. The summed E-state index contributed by atoms with van der Waals surface area (Å²) in [5.74, 6) is -1.33. The molecule has 0 aliphatic carbocycles. The summed E-state index contributed by atoms with van der Waals surface area (Å²) in [6.07, 6.45) is -4.52. The Bertz CT molecular complexity index is 936. The highest BCUT2D eigenvalue weighted by molar-refractivity contribution is 6.04. The normalized spacial score (nSPS) is 16.6. The van der Waals surface area contributed by atoms with Crippen LogP contribution in [0.1, 0.15) is 22.3 Å². The van der Waals surface area contributed by atoms with Crippen LogP contribution in [-0.2, 0) is 4.79 Å². The summed E-state index contributed by atoms with van der Waals surface area (Å²) in [5.41, 5.74) is 0.952. The summed E-state index contributed by atoms with van der Waals surface area (Å²) in [6, 6.07) is 12.2. The number of ether oxygens (including phenoxy) is 1. The van der Waals surface area contributed by atoms with E-state index in [1.165, 1.54) is 41.3 Å². The maximum Gasteiger partial charge on any atom is 0.573 e. The predicted molar refractivity (Wildman–Crippen MR) is 92.5 cm³/mol. The monoisotopic (exact) mass is 389 g/mol. The molecule has 0 aromatic heterocycles. The van der Waals surface area contributed by atoms with Gasteiger partial charge in [0.2, 0.25) is 5.91 Å². The minimum absolute atomic E-state index is 0.243. The molecular weight excluding hydrogens is 375 g/mol. The molecule has 1 aliphatic rings. The number of carbonyl (C=O) groups excluding carboxylic acids is 2. The Balaban J connectivity index is 1.68. The number of alkyl halides is 3. The number of hydrogen-bond donors (Lipinski definition) is 1. The van der Waals surface area contributed by atoms with E-state index in [-0.39, 0.29) is 12.2 Å². The Hall–Kier alpha value is -3.54. The van der Waals surface area contributed by atoms with Crippen molar-refractivity contribution in [2.45, 2.75) is 18.8 Å². The molecule has 0 spiro atoms. The Kier molecular flexibility index (Phi) is 5.22. The van der Waals surface area contributed by atoms with Crippen LogP contribution in [0.3, 0.4) is 0 Å². The molecule has 1 saturated heterocycles. The van der Waals surface area contributed by atoms with E-state index in [1.54, 1.807) is 0 Å². The van der Waals surface area contributed by atoms with Crippen LogP contribution in [0.2, 0.25) is 0 Å². The van der Waals surface area contributed by atoms with E-state index in [9.17, 15) is 22.8 Å². The van der Waals surface area contributed by atoms with Crippen LogP contribution in [0, 0.1) is 11.3 Å². The van der Waals surface area contributed by atoms with Gasteiger partial charge in [0.25, 0.3) is 5.91 Å². The Morgan fingerprint density at radius 1 is 1.21 bits per heavy atom. The number of rotatable bonds is 4. The fraction of sp³-hybridized carbons (Fsp3) is 0.211. The summed E-state index contributed by atoms with van der Waals surface area (Å²) in [7, 11) is 0. The predicted octanol–water partition coefficient (Wildman–Crippen LogP) is 2.99. The largest absolute Gasteiger partial charge is 0.573 e. The topological polar surface area (TPSA) is 82.4 Å². The second-order valence-electron chi connectivity index (χ2n) is 6.04. The molecule has 1 atom stereocenters. The molecule has 1 unspecified atom stereocenters. The first kappa shape index (κ1) is 19.2. The third kappa shape index (κ3) is 4.40. The van der Waals surface area contributed by atoms with Gasteiger partial charge in [-0.25, -0.2) is 0 Å². The van der Waals surface area contributed by atoms with Gasteiger partial charge in [-0.05, 0) is 42.8 Å². The second kappa shape index (κ2) is 7.60. The van der Waals surface area contributed by atoms with Crippen LogP contribution < -0.4 is 15.0 Å². The van der Waals surface area contributed by atoms with Gasteiger partial charge in [0.15, 0.2) is 0 Å². The number of hydrogen-bond acceptors (Lipinski definition) is 4. The van der Waals surface area contributed by atoms with E-state index in [2.05, 4.69) is 10.1 Å². The van der Waals surface area contributed by atoms with Crippen molar-refractivity contribution in [1.29, 1.82) is 5.26 Å². The zero-order valence-corrected chi connectivity index (χ0v) is 14.4. The fourth-order valence-electron chi connectivity index (χ4n) is 2.86. The maximum absolute atomic E-state index is 12.6. The number of benzene rings is 2. The quantitative estimate of drug-likeness (QED) is 0.872. The van der Waals surface area contributed by atoms with E-state index in [4.69, 9.17) is 5.26 Å². The van der Waals surface area contributed by atoms with E-state index in [0.29, 0.717) is 17.5 Å². The molecule has 1 fully saturated rings. The van der Waals surface area contributed by atoms with Gasteiger partial charge in [0.05, 0.1) is 11.6 Å². The molecule has 9 heteroatoms. The van der Waals surface area contributed by atoms with Crippen LogP contribution >= 0.6 is 0 Å². The minimum atomic E-state index is -4.83. The lowest BCUT2D eigenvalue weighted by molar-refractivity contribution is -0.274. The molecule has 28 heavy (non-hydrogen) atoms. The molecule has 3 rings (SSSR count). The second-order valence-corrected chi connectivity index (χ2v) is 6.04. The number of anilines is 1. The fourth-order valence-corrected chi connectivity index (χ4v) is 2.86. The molecule has 1 heterocycles. The summed E-state index contributed by atoms with van der Waals surface area (Å²) >= 11 is 0. The van der Waals surface area contributed by atoms with Crippen LogP contribution in [0.15, 0.2) is 48.5 Å².